The number of nitrogens with one attached hydrogen (secondary N) is 1. The van der Waals surface area contributed by atoms with Crippen LogP contribution in [0, 0.1) is 0 Å². The normalized spacial score (nSPS) is 14.4. The molecule has 0 fully saturated rings. The van der Waals surface area contributed by atoms with Crippen molar-refractivity contribution in [3.05, 3.63) is 28.8 Å². The third-order valence-corrected chi connectivity index (χ3v) is 3.99. The number of anilines is 1. The lowest BCUT2D eigenvalue weighted by molar-refractivity contribution is 0.0751. The van der Waals surface area contributed by atoms with Gasteiger partial charge in [-0.1, -0.05) is 25.4 Å². The number of benzene rings is 1. The summed E-state index contributed by atoms with van der Waals surface area (Å²) in [4.78, 5) is 16.6. The SMILES string of the molecule is CCN(CC)CCCN1CNc2ccc(Cl)cc2C1=O. The molecule has 20 heavy (non-hydrogen) atoms. The fraction of sp³-hybridized carbons (Fsp3) is 0.533. The fourth-order valence-electron chi connectivity index (χ4n) is 2.48. The van der Waals surface area contributed by atoms with Crippen molar-refractivity contribution in [2.45, 2.75) is 20.3 Å². The molecule has 1 heterocycles. The quantitative estimate of drug-likeness (QED) is 0.876. The van der Waals surface area contributed by atoms with E-state index in [0.29, 0.717) is 17.3 Å². The van der Waals surface area contributed by atoms with Crippen molar-refractivity contribution in [2.75, 3.05) is 38.2 Å². The summed E-state index contributed by atoms with van der Waals surface area (Å²) in [7, 11) is 0. The Bertz CT molecular complexity index is 474. The molecule has 0 radical (unpaired) electrons. The van der Waals surface area contributed by atoms with Gasteiger partial charge in [-0.3, -0.25) is 4.79 Å². The molecule has 2 rings (SSSR count). The molecule has 0 saturated carbocycles. The van der Waals surface area contributed by atoms with Crippen LogP contribution in [0.15, 0.2) is 18.2 Å². The summed E-state index contributed by atoms with van der Waals surface area (Å²) >= 11 is 5.97. The van der Waals surface area contributed by atoms with Gasteiger partial charge in [0.1, 0.15) is 0 Å². The molecular weight excluding hydrogens is 274 g/mol. The Hall–Kier alpha value is -1.26. The van der Waals surface area contributed by atoms with Gasteiger partial charge in [-0.25, -0.2) is 0 Å². The van der Waals surface area contributed by atoms with Gasteiger partial charge in [0, 0.05) is 17.3 Å². The summed E-state index contributed by atoms with van der Waals surface area (Å²) in [5.41, 5.74) is 1.55. The van der Waals surface area contributed by atoms with E-state index < -0.39 is 0 Å². The molecule has 0 spiro atoms. The van der Waals surface area contributed by atoms with E-state index in [-0.39, 0.29) is 5.91 Å². The topological polar surface area (TPSA) is 35.6 Å². The van der Waals surface area contributed by atoms with Crippen molar-refractivity contribution < 1.29 is 4.79 Å². The average molecular weight is 296 g/mol. The van der Waals surface area contributed by atoms with Crippen LogP contribution in [-0.2, 0) is 0 Å². The molecule has 4 nitrogen and oxygen atoms in total. The molecule has 1 aliphatic heterocycles. The van der Waals surface area contributed by atoms with Gasteiger partial charge in [0.05, 0.1) is 12.2 Å². The lowest BCUT2D eigenvalue weighted by atomic mass is 10.1. The average Bonchev–Trinajstić information content (AvgIpc) is 2.46. The van der Waals surface area contributed by atoms with E-state index in [1.54, 1.807) is 12.1 Å². The number of hydrogen-bond acceptors (Lipinski definition) is 3. The second kappa shape index (κ2) is 6.95. The number of hydrogen-bond donors (Lipinski definition) is 1. The number of carbonyl (C=O) groups is 1. The second-order valence-corrected chi connectivity index (χ2v) is 5.41. The van der Waals surface area contributed by atoms with Crippen LogP contribution in [0.2, 0.25) is 5.02 Å². The highest BCUT2D eigenvalue weighted by atomic mass is 35.5. The first-order chi connectivity index (χ1) is 9.65. The molecular formula is C15H22ClN3O. The van der Waals surface area contributed by atoms with E-state index >= 15 is 0 Å². The molecule has 0 bridgehead atoms. The Morgan fingerprint density at radius 3 is 2.80 bits per heavy atom. The second-order valence-electron chi connectivity index (χ2n) is 4.97. The van der Waals surface area contributed by atoms with Gasteiger partial charge in [-0.15, -0.1) is 0 Å². The zero-order chi connectivity index (χ0) is 14.5. The van der Waals surface area contributed by atoms with Crippen LogP contribution >= 0.6 is 11.6 Å². The van der Waals surface area contributed by atoms with Crippen LogP contribution < -0.4 is 5.32 Å². The van der Waals surface area contributed by atoms with Crippen molar-refractivity contribution in [2.24, 2.45) is 0 Å². The summed E-state index contributed by atoms with van der Waals surface area (Å²) in [6.07, 6.45) is 0.991. The highest BCUT2D eigenvalue weighted by molar-refractivity contribution is 6.31. The largest absolute Gasteiger partial charge is 0.367 e. The highest BCUT2D eigenvalue weighted by Crippen LogP contribution is 2.25. The van der Waals surface area contributed by atoms with Gasteiger partial charge in [-0.2, -0.15) is 0 Å². The monoisotopic (exact) mass is 295 g/mol. The van der Waals surface area contributed by atoms with Crippen LogP contribution in [0.5, 0.6) is 0 Å². The van der Waals surface area contributed by atoms with Gasteiger partial charge in [0.2, 0.25) is 0 Å². The van der Waals surface area contributed by atoms with Gasteiger partial charge < -0.3 is 15.1 Å². The maximum Gasteiger partial charge on any atom is 0.257 e. The van der Waals surface area contributed by atoms with Gasteiger partial charge >= 0.3 is 0 Å². The third kappa shape index (κ3) is 3.44. The molecule has 110 valence electrons. The van der Waals surface area contributed by atoms with Crippen molar-refractivity contribution >= 4 is 23.2 Å². The first-order valence-electron chi connectivity index (χ1n) is 7.20. The summed E-state index contributed by atoms with van der Waals surface area (Å²) in [6, 6.07) is 5.41. The van der Waals surface area contributed by atoms with Gasteiger partial charge in [0.25, 0.3) is 5.91 Å². The molecule has 0 atom stereocenters. The van der Waals surface area contributed by atoms with Crippen LogP contribution in [0.4, 0.5) is 5.69 Å². The van der Waals surface area contributed by atoms with E-state index in [9.17, 15) is 4.79 Å². The first-order valence-corrected chi connectivity index (χ1v) is 7.58. The van der Waals surface area contributed by atoms with Crippen LogP contribution in [0.25, 0.3) is 0 Å². The summed E-state index contributed by atoms with van der Waals surface area (Å²) < 4.78 is 0. The van der Waals surface area contributed by atoms with Crippen molar-refractivity contribution in [1.29, 1.82) is 0 Å². The fourth-order valence-corrected chi connectivity index (χ4v) is 2.65. The minimum absolute atomic E-state index is 0.0702. The highest BCUT2D eigenvalue weighted by Gasteiger charge is 2.23. The molecule has 0 aliphatic carbocycles. The van der Waals surface area contributed by atoms with Gasteiger partial charge in [0.15, 0.2) is 0 Å². The molecule has 5 heteroatoms. The van der Waals surface area contributed by atoms with E-state index in [1.165, 1.54) is 0 Å². The number of halogens is 1. The lowest BCUT2D eigenvalue weighted by Crippen LogP contribution is -2.41. The summed E-state index contributed by atoms with van der Waals surface area (Å²) in [5, 5.41) is 3.87. The lowest BCUT2D eigenvalue weighted by Gasteiger charge is -2.30. The third-order valence-electron chi connectivity index (χ3n) is 3.76. The van der Waals surface area contributed by atoms with Gasteiger partial charge in [-0.05, 0) is 44.3 Å². The number of nitrogens with zero attached hydrogens (tertiary/aromatic N) is 2. The molecule has 1 aromatic rings. The van der Waals surface area contributed by atoms with E-state index in [2.05, 4.69) is 24.1 Å². The van der Waals surface area contributed by atoms with E-state index in [0.717, 1.165) is 38.3 Å². The minimum Gasteiger partial charge on any atom is -0.367 e. The molecule has 1 aromatic carbocycles. The molecule has 0 saturated heterocycles. The summed E-state index contributed by atoms with van der Waals surface area (Å²) in [5.74, 6) is 0.0702. The number of rotatable bonds is 6. The Balaban J connectivity index is 1.94. The Morgan fingerprint density at radius 2 is 2.10 bits per heavy atom. The standard InChI is InChI=1S/C15H22ClN3O/c1-3-18(4-2)8-5-9-19-11-17-14-7-6-12(16)10-13(14)15(19)20/h6-7,10,17H,3-5,8-9,11H2,1-2H3. The maximum atomic E-state index is 12.4. The molecule has 0 aromatic heterocycles. The van der Waals surface area contributed by atoms with E-state index in [1.807, 2.05) is 11.0 Å². The Labute approximate surface area is 125 Å². The maximum absolute atomic E-state index is 12.4. The van der Waals surface area contributed by atoms with E-state index in [4.69, 9.17) is 11.6 Å². The Kier molecular flexibility index (Phi) is 5.26. The van der Waals surface area contributed by atoms with Crippen LogP contribution in [-0.4, -0.2) is 48.6 Å². The number of fused-ring (bicyclic) bond motifs is 1. The van der Waals surface area contributed by atoms with Crippen molar-refractivity contribution in [3.63, 3.8) is 0 Å². The van der Waals surface area contributed by atoms with Crippen LogP contribution in [0.1, 0.15) is 30.6 Å². The first kappa shape index (κ1) is 15.1. The number of carbonyl (C=O) groups excluding carboxylic acids is 1. The van der Waals surface area contributed by atoms with Crippen molar-refractivity contribution in [1.82, 2.24) is 9.80 Å². The predicted octanol–water partition coefficient (Wildman–Crippen LogP) is 2.90. The Morgan fingerprint density at radius 1 is 1.35 bits per heavy atom. The minimum atomic E-state index is 0.0702. The summed E-state index contributed by atoms with van der Waals surface area (Å²) in [6.45, 7) is 8.81. The molecule has 1 amide bonds. The molecule has 1 N–H and O–H groups in total. The molecule has 0 unspecified atom stereocenters. The predicted molar refractivity (Wildman–Crippen MR) is 83.4 cm³/mol. The number of amides is 1. The zero-order valence-corrected chi connectivity index (χ0v) is 12.9. The smallest absolute Gasteiger partial charge is 0.257 e. The molecule has 1 aliphatic rings. The zero-order valence-electron chi connectivity index (χ0n) is 12.2. The van der Waals surface area contributed by atoms with Crippen LogP contribution in [0.3, 0.4) is 0 Å². The van der Waals surface area contributed by atoms with Crippen molar-refractivity contribution in [3.8, 4) is 0 Å².